The first-order chi connectivity index (χ1) is 27.0. The van der Waals surface area contributed by atoms with Gasteiger partial charge >= 0.3 is 0 Å². The van der Waals surface area contributed by atoms with Crippen molar-refractivity contribution in [3.8, 4) is 34.2 Å². The summed E-state index contributed by atoms with van der Waals surface area (Å²) in [6.07, 6.45) is 4.56. The molecular weight excluding hydrogens is 693 g/mol. The van der Waals surface area contributed by atoms with Crippen molar-refractivity contribution in [3.05, 3.63) is 179 Å². The van der Waals surface area contributed by atoms with E-state index in [1.165, 1.54) is 42.8 Å². The van der Waals surface area contributed by atoms with E-state index < -0.39 is 0 Å². The van der Waals surface area contributed by atoms with Gasteiger partial charge in [-0.2, -0.15) is 0 Å². The molecule has 0 bridgehead atoms. The molecule has 3 aromatic heterocycles. The van der Waals surface area contributed by atoms with Crippen molar-refractivity contribution in [2.75, 3.05) is 0 Å². The van der Waals surface area contributed by atoms with E-state index in [2.05, 4.69) is 110 Å². The van der Waals surface area contributed by atoms with Gasteiger partial charge in [0.05, 0.1) is 6.04 Å². The van der Waals surface area contributed by atoms with E-state index in [0.29, 0.717) is 17.5 Å². The molecular formula is C49H36N4OS. The molecule has 4 heterocycles. The van der Waals surface area contributed by atoms with Gasteiger partial charge in [-0.25, -0.2) is 15.0 Å². The van der Waals surface area contributed by atoms with E-state index in [1.54, 1.807) is 0 Å². The summed E-state index contributed by atoms with van der Waals surface area (Å²) in [5.74, 6) is 1.85. The van der Waals surface area contributed by atoms with E-state index in [4.69, 9.17) is 19.4 Å². The lowest BCUT2D eigenvalue weighted by Crippen LogP contribution is -2.11. The lowest BCUT2D eigenvalue weighted by atomic mass is 9.88. The number of hydrogen-bond donors (Lipinski definition) is 0. The highest BCUT2D eigenvalue weighted by Crippen LogP contribution is 2.48. The van der Waals surface area contributed by atoms with Gasteiger partial charge in [-0.15, -0.1) is 0 Å². The van der Waals surface area contributed by atoms with Crippen LogP contribution >= 0.6 is 11.8 Å². The second kappa shape index (κ2) is 13.4. The molecule has 9 aromatic rings. The number of aromatic nitrogens is 4. The number of para-hydroxylation sites is 2. The minimum Gasteiger partial charge on any atom is -0.456 e. The van der Waals surface area contributed by atoms with Crippen LogP contribution in [0.4, 0.5) is 0 Å². The number of rotatable bonds is 6. The zero-order valence-electron chi connectivity index (χ0n) is 30.7. The first-order valence-corrected chi connectivity index (χ1v) is 19.4. The minimum absolute atomic E-state index is 0.0149. The Bertz CT molecular complexity index is 2930. The molecule has 55 heavy (non-hydrogen) atoms. The first-order valence-electron chi connectivity index (χ1n) is 18.6. The summed E-state index contributed by atoms with van der Waals surface area (Å²) in [7, 11) is 0. The predicted octanol–water partition coefficient (Wildman–Crippen LogP) is 13.4. The van der Waals surface area contributed by atoms with Crippen LogP contribution in [0.2, 0.25) is 0 Å². The van der Waals surface area contributed by atoms with Gasteiger partial charge in [0.2, 0.25) is 0 Å². The molecule has 0 fully saturated rings. The highest BCUT2D eigenvalue weighted by Gasteiger charge is 2.27. The molecule has 0 saturated heterocycles. The largest absolute Gasteiger partial charge is 0.456 e. The van der Waals surface area contributed by atoms with E-state index in [1.807, 2.05) is 84.6 Å². The van der Waals surface area contributed by atoms with Gasteiger partial charge in [0, 0.05) is 49.3 Å². The van der Waals surface area contributed by atoms with Crippen LogP contribution in [0.15, 0.2) is 178 Å². The maximum absolute atomic E-state index is 6.70. The molecule has 6 aromatic carbocycles. The third-order valence-electron chi connectivity index (χ3n) is 10.6. The topological polar surface area (TPSA) is 56.7 Å². The first kappa shape index (κ1) is 33.1. The maximum Gasteiger partial charge on any atom is 0.164 e. The van der Waals surface area contributed by atoms with E-state index >= 15 is 0 Å². The minimum atomic E-state index is 0.0149. The van der Waals surface area contributed by atoms with Crippen LogP contribution in [0, 0.1) is 0 Å². The SMILES string of the molecule is CC1=CC=C(c2cccc3oc4cccc(-c5nc(-c6ccccc6)nc(-c6ccccc6)n5)c4c23)C([C@@H](C)n2c3ccccc3c3ccccc32)=C(C)S1. The summed E-state index contributed by atoms with van der Waals surface area (Å²) >= 11 is 1.84. The summed E-state index contributed by atoms with van der Waals surface area (Å²) < 4.78 is 9.21. The summed E-state index contributed by atoms with van der Waals surface area (Å²) in [4.78, 5) is 17.8. The normalized spacial score (nSPS) is 14.1. The lowest BCUT2D eigenvalue weighted by molar-refractivity contribution is 0.669. The van der Waals surface area contributed by atoms with Crippen molar-refractivity contribution in [3.63, 3.8) is 0 Å². The van der Waals surface area contributed by atoms with Crippen molar-refractivity contribution < 1.29 is 4.42 Å². The van der Waals surface area contributed by atoms with Gasteiger partial charge in [-0.1, -0.05) is 145 Å². The van der Waals surface area contributed by atoms with Gasteiger partial charge in [0.15, 0.2) is 17.5 Å². The highest BCUT2D eigenvalue weighted by molar-refractivity contribution is 8.06. The van der Waals surface area contributed by atoms with Gasteiger partial charge in [-0.3, -0.25) is 0 Å². The van der Waals surface area contributed by atoms with Gasteiger partial charge in [-0.05, 0) is 71.6 Å². The second-order valence-corrected chi connectivity index (χ2v) is 15.5. The van der Waals surface area contributed by atoms with E-state index in [0.717, 1.165) is 44.2 Å². The van der Waals surface area contributed by atoms with Crippen LogP contribution in [0.1, 0.15) is 32.4 Å². The Labute approximate surface area is 323 Å². The molecule has 0 radical (unpaired) electrons. The number of furan rings is 1. The van der Waals surface area contributed by atoms with Gasteiger partial charge in [0.1, 0.15) is 11.2 Å². The fraction of sp³-hybridized carbons (Fsp3) is 0.0816. The zero-order chi connectivity index (χ0) is 37.0. The fourth-order valence-electron chi connectivity index (χ4n) is 8.27. The number of allylic oxidation sites excluding steroid dienone is 6. The van der Waals surface area contributed by atoms with Crippen LogP contribution in [0.5, 0.6) is 0 Å². The van der Waals surface area contributed by atoms with E-state index in [9.17, 15) is 0 Å². The molecule has 6 heteroatoms. The van der Waals surface area contributed by atoms with Crippen LogP contribution < -0.4 is 0 Å². The molecule has 0 spiro atoms. The summed E-state index contributed by atoms with van der Waals surface area (Å²) in [6, 6.07) is 50.4. The number of fused-ring (bicyclic) bond motifs is 6. The quantitative estimate of drug-likeness (QED) is 0.171. The molecule has 1 aliphatic rings. The number of hydrogen-bond acceptors (Lipinski definition) is 5. The van der Waals surface area contributed by atoms with Crippen molar-refractivity contribution in [2.45, 2.75) is 26.8 Å². The molecule has 0 aliphatic carbocycles. The molecule has 0 amide bonds. The lowest BCUT2D eigenvalue weighted by Gasteiger charge is -2.25. The highest BCUT2D eigenvalue weighted by atomic mass is 32.2. The molecule has 5 nitrogen and oxygen atoms in total. The molecule has 10 rings (SSSR count). The molecule has 1 atom stereocenters. The fourth-order valence-corrected chi connectivity index (χ4v) is 9.28. The third-order valence-corrected chi connectivity index (χ3v) is 11.6. The number of nitrogens with zero attached hydrogens (tertiary/aromatic N) is 4. The Morgan fingerprint density at radius 3 is 1.64 bits per heavy atom. The Morgan fingerprint density at radius 2 is 1.04 bits per heavy atom. The maximum atomic E-state index is 6.70. The Balaban J connectivity index is 1.22. The number of thioether (sulfide) groups is 1. The molecule has 1 aliphatic heterocycles. The molecule has 264 valence electrons. The van der Waals surface area contributed by atoms with Crippen LogP contribution in [-0.4, -0.2) is 19.5 Å². The Kier molecular flexibility index (Phi) is 8.07. The average molecular weight is 729 g/mol. The molecule has 0 saturated carbocycles. The van der Waals surface area contributed by atoms with Gasteiger partial charge < -0.3 is 8.98 Å². The Morgan fingerprint density at radius 1 is 0.527 bits per heavy atom. The van der Waals surface area contributed by atoms with Crippen molar-refractivity contribution >= 4 is 61.1 Å². The second-order valence-electron chi connectivity index (χ2n) is 14.0. The number of benzene rings is 6. The summed E-state index contributed by atoms with van der Waals surface area (Å²) in [6.45, 7) is 6.80. The monoisotopic (exact) mass is 728 g/mol. The van der Waals surface area contributed by atoms with Crippen LogP contribution in [-0.2, 0) is 0 Å². The van der Waals surface area contributed by atoms with Crippen LogP contribution in [0.3, 0.4) is 0 Å². The Hall–Kier alpha value is -6.50. The average Bonchev–Trinajstić information content (AvgIpc) is 3.74. The molecule has 0 N–H and O–H groups in total. The predicted molar refractivity (Wildman–Crippen MR) is 230 cm³/mol. The summed E-state index contributed by atoms with van der Waals surface area (Å²) in [5.41, 5.74) is 10.4. The smallest absolute Gasteiger partial charge is 0.164 e. The van der Waals surface area contributed by atoms with Crippen LogP contribution in [0.25, 0.3) is 83.5 Å². The van der Waals surface area contributed by atoms with Gasteiger partial charge in [0.25, 0.3) is 0 Å². The molecule has 0 unspecified atom stereocenters. The van der Waals surface area contributed by atoms with Crippen molar-refractivity contribution in [1.82, 2.24) is 19.5 Å². The zero-order valence-corrected chi connectivity index (χ0v) is 31.5. The third kappa shape index (κ3) is 5.60. The summed E-state index contributed by atoms with van der Waals surface area (Å²) in [5, 5.41) is 4.55. The van der Waals surface area contributed by atoms with Crippen molar-refractivity contribution in [1.29, 1.82) is 0 Å². The van der Waals surface area contributed by atoms with Crippen molar-refractivity contribution in [2.24, 2.45) is 0 Å². The standard InChI is InChI=1S/C49H36N4OS/c1-30-28-29-38(44(32(3)55-30)31(2)53-40-24-12-10-20-35(40)36-21-11-13-25-41(36)53)37-22-14-26-42-45(37)46-39(23-15-27-43(46)54-42)49-51-47(33-16-6-4-7-17-33)50-48(52-49)34-18-8-5-9-19-34/h4-29,31H,1-3H3/t31-/m1/s1. The van der Waals surface area contributed by atoms with E-state index in [-0.39, 0.29) is 6.04 Å².